The van der Waals surface area contributed by atoms with E-state index in [1.807, 2.05) is 12.1 Å². The second-order valence-corrected chi connectivity index (χ2v) is 16.0. The third-order valence-corrected chi connectivity index (χ3v) is 12.8. The number of carbonyl (C=O) groups excluding carboxylic acids is 2. The molecule has 0 radical (unpaired) electrons. The molecule has 6 atom stereocenters. The number of nitrogens with zero attached hydrogens (tertiary/aromatic N) is 3. The number of quaternary nitrogens is 1. The number of hydrogen-bond donors (Lipinski definition) is 4. The molecule has 3 aliphatic rings. The zero-order valence-electron chi connectivity index (χ0n) is 28.7. The van der Waals surface area contributed by atoms with E-state index >= 15 is 0 Å². The molecule has 4 aromatic rings. The van der Waals surface area contributed by atoms with Gasteiger partial charge in [-0.2, -0.15) is 4.48 Å². The Morgan fingerprint density at radius 3 is 2.52 bits per heavy atom. The maximum atomic E-state index is 14.1. The summed E-state index contributed by atoms with van der Waals surface area (Å²) < 4.78 is -0.179. The molecule has 1 aromatic carbocycles. The van der Waals surface area contributed by atoms with Gasteiger partial charge in [-0.25, -0.2) is 9.79 Å². The number of likely N-dealkylation sites (tertiary alicyclic amines) is 1. The van der Waals surface area contributed by atoms with Crippen LogP contribution in [0.1, 0.15) is 85.5 Å². The first-order chi connectivity index (χ1) is 22.9. The van der Waals surface area contributed by atoms with E-state index in [2.05, 4.69) is 74.2 Å². The Labute approximate surface area is 286 Å². The minimum absolute atomic E-state index is 0.0448. The number of nitrogens with two attached hydrogens (primary N) is 2. The number of rotatable bonds is 8. The van der Waals surface area contributed by atoms with E-state index in [1.165, 1.54) is 11.1 Å². The predicted molar refractivity (Wildman–Crippen MR) is 193 cm³/mol. The molecule has 2 aliphatic heterocycles. The molecule has 0 spiro atoms. The summed E-state index contributed by atoms with van der Waals surface area (Å²) in [6.07, 6.45) is 7.34. The van der Waals surface area contributed by atoms with E-state index in [0.717, 1.165) is 69.7 Å². The Morgan fingerprint density at radius 2 is 1.90 bits per heavy atom. The molecule has 252 valence electrons. The highest BCUT2D eigenvalue weighted by molar-refractivity contribution is 7.19. The van der Waals surface area contributed by atoms with E-state index in [4.69, 9.17) is 16.5 Å². The van der Waals surface area contributed by atoms with Gasteiger partial charge in [0.25, 0.3) is 0 Å². The number of nitrogens with one attached hydrogen (secondary N) is 2. The molecule has 10 heteroatoms. The molecule has 2 saturated heterocycles. The zero-order chi connectivity index (χ0) is 34.0. The summed E-state index contributed by atoms with van der Waals surface area (Å²) in [7, 11) is 0. The Hall–Kier alpha value is -3.86. The molecular weight excluding hydrogens is 619 g/mol. The van der Waals surface area contributed by atoms with Crippen molar-refractivity contribution in [2.75, 3.05) is 19.6 Å². The predicted octanol–water partition coefficient (Wildman–Crippen LogP) is 6.60. The van der Waals surface area contributed by atoms with Crippen molar-refractivity contribution < 1.29 is 14.1 Å². The number of aromatic amines is 1. The lowest BCUT2D eigenvalue weighted by Gasteiger charge is -2.33. The normalized spacial score (nSPS) is 26.4. The number of guanidine groups is 1. The molecular formula is C38H48N7O2S+. The summed E-state index contributed by atoms with van der Waals surface area (Å²) >= 11 is 1.69. The first-order valence-corrected chi connectivity index (χ1v) is 18.1. The summed E-state index contributed by atoms with van der Waals surface area (Å²) in [5, 5.41) is 4.69. The maximum absolute atomic E-state index is 14.1. The van der Waals surface area contributed by atoms with Crippen LogP contribution in [0.15, 0.2) is 53.8 Å². The van der Waals surface area contributed by atoms with Crippen molar-refractivity contribution in [3.63, 3.8) is 0 Å². The lowest BCUT2D eigenvalue weighted by atomic mass is 9.76. The average molecular weight is 667 g/mol. The molecule has 3 fully saturated rings. The number of pyridine rings is 1. The zero-order valence-corrected chi connectivity index (χ0v) is 29.5. The van der Waals surface area contributed by atoms with Crippen LogP contribution in [0.5, 0.6) is 0 Å². The fourth-order valence-electron chi connectivity index (χ4n) is 8.95. The number of amides is 2. The number of aliphatic imine (C=N–C) groups is 1. The average Bonchev–Trinajstić information content (AvgIpc) is 3.89. The van der Waals surface area contributed by atoms with Crippen molar-refractivity contribution >= 4 is 39.3 Å². The number of H-pyrrole nitrogens is 1. The minimum atomic E-state index is -0.597. The number of ketones is 1. The summed E-state index contributed by atoms with van der Waals surface area (Å²) in [5.74, 6) is 1.08. The van der Waals surface area contributed by atoms with E-state index in [0.29, 0.717) is 30.8 Å². The quantitative estimate of drug-likeness (QED) is 0.0953. The van der Waals surface area contributed by atoms with Gasteiger partial charge in [-0.05, 0) is 94.5 Å². The van der Waals surface area contributed by atoms with Gasteiger partial charge in [0.1, 0.15) is 16.7 Å². The number of primary amides is 1. The van der Waals surface area contributed by atoms with Crippen LogP contribution in [0, 0.1) is 25.7 Å². The van der Waals surface area contributed by atoms with E-state index < -0.39 is 11.4 Å². The highest BCUT2D eigenvalue weighted by Gasteiger charge is 2.52. The van der Waals surface area contributed by atoms with Crippen LogP contribution >= 0.6 is 11.3 Å². The Morgan fingerprint density at radius 1 is 1.12 bits per heavy atom. The standard InChI is InChI=1S/C38H47N7O2S/c1-21-14-22(2)16-26(15-21)33-31(23(3)18-43-36(39)45(37(40)47)13-7-9-29(45)24-8-6-12-41-19-24)27-17-30(48-35(27)44-33)38(4,5)34(46)32-25-10-11-28(32)42-20-25/h6,8,12,14-17,19,23,25,28-29,32,42,44H,7,9-11,13,18,20H2,1-5H3,(H3-,39,40,43,47)/p+1/t23-,25?,28?,29?,32?,45?/m1/s1. The molecule has 5 unspecified atom stereocenters. The number of urea groups is 1. The Kier molecular flexibility index (Phi) is 8.33. The molecule has 1 saturated carbocycles. The number of Topliss-reactive ketones (excluding diaryl/α,β-unsaturated/α-hetero) is 1. The molecule has 3 aromatic heterocycles. The third-order valence-electron chi connectivity index (χ3n) is 11.4. The van der Waals surface area contributed by atoms with Gasteiger partial charge in [0, 0.05) is 58.9 Å². The SMILES string of the molecule is Cc1cc(C)cc(-c2[nH]c3sc(C(C)(C)C(=O)C4C5CCC4NC5)cc3c2[C@H](C)CN=C(N)[N+]2(C(N)=O)CCCC2c2cccnc2)c1. The summed E-state index contributed by atoms with van der Waals surface area (Å²) in [6.45, 7) is 12.4. The molecule has 9 nitrogen and oxygen atoms in total. The number of hydrogen-bond acceptors (Lipinski definition) is 6. The van der Waals surface area contributed by atoms with Gasteiger partial charge < -0.3 is 21.8 Å². The highest BCUT2D eigenvalue weighted by Crippen LogP contribution is 2.47. The first-order valence-electron chi connectivity index (χ1n) is 17.3. The molecule has 7 rings (SSSR count). The Balaban J connectivity index is 1.27. The van der Waals surface area contributed by atoms with Crippen LogP contribution < -0.4 is 16.8 Å². The first kappa shape index (κ1) is 32.7. The van der Waals surface area contributed by atoms with Crippen LogP contribution in [0.3, 0.4) is 0 Å². The summed E-state index contributed by atoms with van der Waals surface area (Å²) in [5.41, 5.74) is 19.0. The van der Waals surface area contributed by atoms with Crippen LogP contribution in [0.25, 0.3) is 21.5 Å². The summed E-state index contributed by atoms with van der Waals surface area (Å²) in [6, 6.07) is 12.3. The second kappa shape index (κ2) is 12.2. The number of fused-ring (bicyclic) bond motifs is 3. The van der Waals surface area contributed by atoms with Crippen molar-refractivity contribution in [3.8, 4) is 11.3 Å². The third kappa shape index (κ3) is 5.29. The van der Waals surface area contributed by atoms with Gasteiger partial charge in [-0.3, -0.25) is 9.78 Å². The number of thiophene rings is 1. The monoisotopic (exact) mass is 666 g/mol. The number of aromatic nitrogens is 2. The molecule has 2 bridgehead atoms. The van der Waals surface area contributed by atoms with E-state index in [-0.39, 0.29) is 28.3 Å². The van der Waals surface area contributed by atoms with Gasteiger partial charge in [-0.15, -0.1) is 11.3 Å². The lowest BCUT2D eigenvalue weighted by Crippen LogP contribution is -2.62. The van der Waals surface area contributed by atoms with E-state index in [1.54, 1.807) is 23.7 Å². The number of aryl methyl sites for hydroxylation is 2. The molecule has 2 amide bonds. The molecule has 1 aliphatic carbocycles. The number of benzene rings is 1. The van der Waals surface area contributed by atoms with Crippen molar-refractivity contribution in [2.24, 2.45) is 28.3 Å². The minimum Gasteiger partial charge on any atom is -0.346 e. The second-order valence-electron chi connectivity index (χ2n) is 15.0. The highest BCUT2D eigenvalue weighted by atomic mass is 32.1. The Bertz CT molecular complexity index is 1870. The van der Waals surface area contributed by atoms with Crippen LogP contribution in [0.2, 0.25) is 0 Å². The van der Waals surface area contributed by atoms with Gasteiger partial charge in [-0.1, -0.05) is 24.1 Å². The van der Waals surface area contributed by atoms with Crippen LogP contribution in [-0.4, -0.2) is 57.9 Å². The van der Waals surface area contributed by atoms with Gasteiger partial charge >= 0.3 is 12.0 Å². The smallest absolute Gasteiger partial charge is 0.346 e. The maximum Gasteiger partial charge on any atom is 0.422 e. The lowest BCUT2D eigenvalue weighted by molar-refractivity contribution is -0.778. The van der Waals surface area contributed by atoms with Crippen molar-refractivity contribution in [2.45, 2.75) is 83.7 Å². The van der Waals surface area contributed by atoms with Gasteiger partial charge in [0.15, 0.2) is 0 Å². The van der Waals surface area contributed by atoms with Crippen molar-refractivity contribution in [1.29, 1.82) is 0 Å². The molecule has 5 heterocycles. The van der Waals surface area contributed by atoms with E-state index in [9.17, 15) is 9.59 Å². The van der Waals surface area contributed by atoms with Gasteiger partial charge in [0.05, 0.1) is 24.2 Å². The van der Waals surface area contributed by atoms with Crippen LogP contribution in [0.4, 0.5) is 4.79 Å². The molecule has 6 N–H and O–H groups in total. The fraction of sp³-hybridized carbons (Fsp3) is 0.474. The summed E-state index contributed by atoms with van der Waals surface area (Å²) in [4.78, 5) is 42.4. The molecule has 48 heavy (non-hydrogen) atoms. The van der Waals surface area contributed by atoms with Gasteiger partial charge in [0.2, 0.25) is 0 Å². The van der Waals surface area contributed by atoms with Crippen molar-refractivity contribution in [3.05, 3.63) is 75.9 Å². The van der Waals surface area contributed by atoms with Crippen molar-refractivity contribution in [1.82, 2.24) is 15.3 Å². The fourth-order valence-corrected chi connectivity index (χ4v) is 10.1. The number of piperidine rings is 1. The van der Waals surface area contributed by atoms with Crippen LogP contribution in [-0.2, 0) is 10.2 Å². The topological polar surface area (TPSA) is 139 Å². The number of carbonyl (C=O) groups is 2. The largest absolute Gasteiger partial charge is 0.422 e.